The standard InChI is InChI=1S/C7H9N.C3H10N2.C2H6O2/c1-6-4-3-5-7(2)8-6;1-3(5)2-4;3-1-2-4/h3-5H,1-2H3;3H,2,4-5H2,1H3;3-4H,1-2H2. The molecule has 0 radical (unpaired) electrons. The summed E-state index contributed by atoms with van der Waals surface area (Å²) in [6.07, 6.45) is 0. The van der Waals surface area contributed by atoms with Gasteiger partial charge in [-0.3, -0.25) is 4.98 Å². The molecule has 17 heavy (non-hydrogen) atoms. The fourth-order valence-electron chi connectivity index (χ4n) is 0.679. The molecule has 5 nitrogen and oxygen atoms in total. The van der Waals surface area contributed by atoms with Crippen LogP contribution in [0.5, 0.6) is 0 Å². The lowest BCUT2D eigenvalue weighted by molar-refractivity contribution is 0.186. The van der Waals surface area contributed by atoms with E-state index >= 15 is 0 Å². The molecule has 1 aromatic rings. The molecular weight excluding hydrogens is 218 g/mol. The number of hydrogen-bond acceptors (Lipinski definition) is 5. The smallest absolute Gasteiger partial charge is 0.0662 e. The van der Waals surface area contributed by atoms with Gasteiger partial charge in [0.15, 0.2) is 0 Å². The van der Waals surface area contributed by atoms with Gasteiger partial charge >= 0.3 is 0 Å². The molecule has 1 unspecified atom stereocenters. The first-order chi connectivity index (χ1) is 7.97. The molecule has 0 fully saturated rings. The Kier molecular flexibility index (Phi) is 14.1. The van der Waals surface area contributed by atoms with Crippen molar-refractivity contribution >= 4 is 0 Å². The van der Waals surface area contributed by atoms with Crippen molar-refractivity contribution in [1.82, 2.24) is 4.98 Å². The van der Waals surface area contributed by atoms with Gasteiger partial charge in [0.05, 0.1) is 13.2 Å². The lowest BCUT2D eigenvalue weighted by Gasteiger charge is -1.92. The van der Waals surface area contributed by atoms with E-state index < -0.39 is 0 Å². The van der Waals surface area contributed by atoms with Crippen LogP contribution in [0.15, 0.2) is 18.2 Å². The van der Waals surface area contributed by atoms with E-state index in [2.05, 4.69) is 4.98 Å². The molecule has 0 bridgehead atoms. The molecule has 0 aliphatic carbocycles. The molecule has 0 aromatic carbocycles. The van der Waals surface area contributed by atoms with Gasteiger partial charge in [-0.25, -0.2) is 0 Å². The maximum atomic E-state index is 7.62. The monoisotopic (exact) mass is 243 g/mol. The molecule has 0 aliphatic heterocycles. The zero-order chi connectivity index (χ0) is 13.7. The lowest BCUT2D eigenvalue weighted by Crippen LogP contribution is -2.25. The van der Waals surface area contributed by atoms with E-state index in [1.54, 1.807) is 0 Å². The van der Waals surface area contributed by atoms with Gasteiger partial charge in [0.1, 0.15) is 0 Å². The highest BCUT2D eigenvalue weighted by Gasteiger charge is 1.82. The average Bonchev–Trinajstić information content (AvgIpc) is 2.30. The van der Waals surface area contributed by atoms with Crippen molar-refractivity contribution in [2.24, 2.45) is 11.5 Å². The number of nitrogens with two attached hydrogens (primary N) is 2. The first-order valence-electron chi connectivity index (χ1n) is 5.55. The van der Waals surface area contributed by atoms with E-state index in [1.807, 2.05) is 39.0 Å². The summed E-state index contributed by atoms with van der Waals surface area (Å²) < 4.78 is 0. The molecule has 0 saturated carbocycles. The van der Waals surface area contributed by atoms with E-state index in [4.69, 9.17) is 21.7 Å². The third kappa shape index (κ3) is 17.6. The van der Waals surface area contributed by atoms with Gasteiger partial charge in [-0.1, -0.05) is 6.07 Å². The molecular formula is C12H25N3O2. The second-order valence-electron chi connectivity index (χ2n) is 3.58. The summed E-state index contributed by atoms with van der Waals surface area (Å²) in [5.74, 6) is 0. The molecule has 1 rings (SSSR count). The molecule has 1 aromatic heterocycles. The van der Waals surface area contributed by atoms with Gasteiger partial charge in [-0.2, -0.15) is 0 Å². The minimum atomic E-state index is -0.125. The van der Waals surface area contributed by atoms with Gasteiger partial charge in [0.25, 0.3) is 0 Å². The Labute approximate surface area is 103 Å². The van der Waals surface area contributed by atoms with E-state index in [9.17, 15) is 0 Å². The Hall–Kier alpha value is -1.01. The third-order valence-electron chi connectivity index (χ3n) is 1.50. The van der Waals surface area contributed by atoms with Crippen LogP contribution in [0.4, 0.5) is 0 Å². The molecule has 1 atom stereocenters. The van der Waals surface area contributed by atoms with Crippen LogP contribution >= 0.6 is 0 Å². The SMILES string of the molecule is CC(N)CN.Cc1cccc(C)n1.OCCO. The van der Waals surface area contributed by atoms with Crippen molar-refractivity contribution in [1.29, 1.82) is 0 Å². The van der Waals surface area contributed by atoms with Gasteiger partial charge in [-0.05, 0) is 32.9 Å². The van der Waals surface area contributed by atoms with Crippen LogP contribution < -0.4 is 11.5 Å². The van der Waals surface area contributed by atoms with Crippen molar-refractivity contribution in [3.8, 4) is 0 Å². The van der Waals surface area contributed by atoms with Crippen LogP contribution in [-0.2, 0) is 0 Å². The average molecular weight is 243 g/mol. The number of aromatic nitrogens is 1. The van der Waals surface area contributed by atoms with E-state index in [-0.39, 0.29) is 19.3 Å². The summed E-state index contributed by atoms with van der Waals surface area (Å²) in [6, 6.07) is 6.16. The normalized spacial score (nSPS) is 10.5. The summed E-state index contributed by atoms with van der Waals surface area (Å²) in [6.45, 7) is 6.19. The summed E-state index contributed by atoms with van der Waals surface area (Å²) >= 11 is 0. The summed E-state index contributed by atoms with van der Waals surface area (Å²) in [5, 5.41) is 15.2. The van der Waals surface area contributed by atoms with Crippen LogP contribution in [0, 0.1) is 13.8 Å². The van der Waals surface area contributed by atoms with Crippen LogP contribution in [-0.4, -0.2) is 41.0 Å². The molecule has 0 amide bonds. The summed E-state index contributed by atoms with van der Waals surface area (Å²) in [4.78, 5) is 4.17. The molecule has 1 heterocycles. The number of aliphatic hydroxyl groups excluding tert-OH is 2. The molecule has 0 aliphatic rings. The number of rotatable bonds is 2. The van der Waals surface area contributed by atoms with Crippen LogP contribution in [0.25, 0.3) is 0 Å². The minimum absolute atomic E-state index is 0.125. The molecule has 6 N–H and O–H groups in total. The van der Waals surface area contributed by atoms with Crippen molar-refractivity contribution in [3.63, 3.8) is 0 Å². The number of pyridine rings is 1. The van der Waals surface area contributed by atoms with Crippen LogP contribution in [0.2, 0.25) is 0 Å². The highest BCUT2D eigenvalue weighted by Crippen LogP contribution is 1.93. The number of hydrogen-bond donors (Lipinski definition) is 4. The van der Waals surface area contributed by atoms with Gasteiger partial charge in [0.2, 0.25) is 0 Å². The van der Waals surface area contributed by atoms with Gasteiger partial charge in [0, 0.05) is 24.0 Å². The second kappa shape index (κ2) is 13.1. The summed E-state index contributed by atoms with van der Waals surface area (Å²) in [5.41, 5.74) is 12.4. The zero-order valence-corrected chi connectivity index (χ0v) is 10.9. The minimum Gasteiger partial charge on any atom is -0.394 e. The largest absolute Gasteiger partial charge is 0.394 e. The van der Waals surface area contributed by atoms with Gasteiger partial charge < -0.3 is 21.7 Å². The fraction of sp³-hybridized carbons (Fsp3) is 0.583. The Balaban J connectivity index is 0. The maximum absolute atomic E-state index is 7.62. The number of aliphatic hydroxyl groups is 2. The van der Waals surface area contributed by atoms with E-state index in [0.29, 0.717) is 6.54 Å². The fourth-order valence-corrected chi connectivity index (χ4v) is 0.679. The topological polar surface area (TPSA) is 105 Å². The Morgan fingerprint density at radius 1 is 1.18 bits per heavy atom. The third-order valence-corrected chi connectivity index (χ3v) is 1.50. The molecule has 100 valence electrons. The maximum Gasteiger partial charge on any atom is 0.0662 e. The quantitative estimate of drug-likeness (QED) is 0.583. The highest BCUT2D eigenvalue weighted by molar-refractivity contribution is 5.07. The van der Waals surface area contributed by atoms with Crippen LogP contribution in [0.3, 0.4) is 0 Å². The Bertz CT molecular complexity index is 248. The summed E-state index contributed by atoms with van der Waals surface area (Å²) in [7, 11) is 0. The number of aryl methyl sites for hydroxylation is 2. The molecule has 0 saturated heterocycles. The van der Waals surface area contributed by atoms with Crippen molar-refractivity contribution < 1.29 is 10.2 Å². The Morgan fingerprint density at radius 3 is 1.65 bits per heavy atom. The first-order valence-corrected chi connectivity index (χ1v) is 5.55. The number of nitrogens with zero attached hydrogens (tertiary/aromatic N) is 1. The van der Waals surface area contributed by atoms with Crippen molar-refractivity contribution in [3.05, 3.63) is 29.6 Å². The highest BCUT2D eigenvalue weighted by atomic mass is 16.3. The second-order valence-corrected chi connectivity index (χ2v) is 3.58. The van der Waals surface area contributed by atoms with Crippen LogP contribution in [0.1, 0.15) is 18.3 Å². The molecule has 0 spiro atoms. The molecule has 5 heteroatoms. The predicted octanol–water partition coefficient (Wildman–Crippen LogP) is -0.0383. The Morgan fingerprint density at radius 2 is 1.53 bits per heavy atom. The first kappa shape index (κ1) is 18.4. The zero-order valence-electron chi connectivity index (χ0n) is 10.9. The van der Waals surface area contributed by atoms with Crippen molar-refractivity contribution in [2.75, 3.05) is 19.8 Å². The predicted molar refractivity (Wildman–Crippen MR) is 70.6 cm³/mol. The van der Waals surface area contributed by atoms with Gasteiger partial charge in [-0.15, -0.1) is 0 Å². The van der Waals surface area contributed by atoms with Crippen molar-refractivity contribution in [2.45, 2.75) is 26.8 Å². The van der Waals surface area contributed by atoms with E-state index in [0.717, 1.165) is 11.4 Å². The van der Waals surface area contributed by atoms with E-state index in [1.165, 1.54) is 0 Å². The lowest BCUT2D eigenvalue weighted by atomic mass is 10.3.